The summed E-state index contributed by atoms with van der Waals surface area (Å²) < 4.78 is 0. The van der Waals surface area contributed by atoms with Gasteiger partial charge in [-0.2, -0.15) is 0 Å². The molecule has 0 radical (unpaired) electrons. The molecule has 0 saturated carbocycles. The predicted molar refractivity (Wildman–Crippen MR) is 73.3 cm³/mol. The molecule has 1 heterocycles. The number of carbonyl (C=O) groups is 1. The van der Waals surface area contributed by atoms with Gasteiger partial charge in [0.05, 0.1) is 0 Å². The van der Waals surface area contributed by atoms with Crippen LogP contribution in [0, 0.1) is 0 Å². The number of urea groups is 1. The van der Waals surface area contributed by atoms with Gasteiger partial charge in [-0.15, -0.1) is 0 Å². The van der Waals surface area contributed by atoms with Gasteiger partial charge in [0, 0.05) is 18.6 Å². The maximum atomic E-state index is 12.2. The summed E-state index contributed by atoms with van der Waals surface area (Å²) in [4.78, 5) is 14.2. The second-order valence-electron chi connectivity index (χ2n) is 5.18. The van der Waals surface area contributed by atoms with Gasteiger partial charge in [0.25, 0.3) is 0 Å². The standard InChI is InChI=1S/C15H22N2O/c1-12-7-6-8-13(2)17(12)15(18)16-11-14-9-4-3-5-10-14/h3-5,9-10,12-13H,6-8,11H2,1-2H3,(H,16,18). The molecular formula is C15H22N2O. The zero-order chi connectivity index (χ0) is 13.0. The van der Waals surface area contributed by atoms with Gasteiger partial charge in [-0.05, 0) is 38.7 Å². The molecule has 1 aliphatic heterocycles. The first-order valence-corrected chi connectivity index (χ1v) is 6.78. The molecule has 1 fully saturated rings. The van der Waals surface area contributed by atoms with E-state index in [1.807, 2.05) is 35.2 Å². The number of nitrogens with zero attached hydrogens (tertiary/aromatic N) is 1. The lowest BCUT2D eigenvalue weighted by Gasteiger charge is -2.38. The van der Waals surface area contributed by atoms with Crippen molar-refractivity contribution in [1.29, 1.82) is 0 Å². The van der Waals surface area contributed by atoms with Gasteiger partial charge in [-0.25, -0.2) is 4.79 Å². The van der Waals surface area contributed by atoms with E-state index < -0.39 is 0 Å². The van der Waals surface area contributed by atoms with Crippen LogP contribution < -0.4 is 5.32 Å². The second kappa shape index (κ2) is 5.89. The Hall–Kier alpha value is -1.51. The number of nitrogens with one attached hydrogen (secondary N) is 1. The van der Waals surface area contributed by atoms with Gasteiger partial charge < -0.3 is 10.2 Å². The van der Waals surface area contributed by atoms with E-state index in [1.54, 1.807) is 0 Å². The molecular weight excluding hydrogens is 224 g/mol. The molecule has 2 atom stereocenters. The molecule has 1 aromatic carbocycles. The maximum Gasteiger partial charge on any atom is 0.318 e. The predicted octanol–water partition coefficient (Wildman–Crippen LogP) is 3.16. The number of rotatable bonds is 2. The van der Waals surface area contributed by atoms with Crippen LogP contribution in [-0.4, -0.2) is 23.0 Å². The Morgan fingerprint density at radius 1 is 1.22 bits per heavy atom. The lowest BCUT2D eigenvalue weighted by Crippen LogP contribution is -2.51. The highest BCUT2D eigenvalue weighted by Gasteiger charge is 2.28. The highest BCUT2D eigenvalue weighted by molar-refractivity contribution is 5.75. The molecule has 3 nitrogen and oxygen atoms in total. The molecule has 0 bridgehead atoms. The third-order valence-corrected chi connectivity index (χ3v) is 3.71. The van der Waals surface area contributed by atoms with Gasteiger partial charge >= 0.3 is 6.03 Å². The minimum absolute atomic E-state index is 0.0681. The van der Waals surface area contributed by atoms with Crippen molar-refractivity contribution in [1.82, 2.24) is 10.2 Å². The monoisotopic (exact) mass is 246 g/mol. The molecule has 0 spiro atoms. The minimum atomic E-state index is 0.0681. The quantitative estimate of drug-likeness (QED) is 0.854. The van der Waals surface area contributed by atoms with Crippen molar-refractivity contribution < 1.29 is 4.79 Å². The van der Waals surface area contributed by atoms with Crippen molar-refractivity contribution >= 4 is 6.03 Å². The molecule has 1 saturated heterocycles. The van der Waals surface area contributed by atoms with E-state index in [-0.39, 0.29) is 6.03 Å². The first-order chi connectivity index (χ1) is 8.68. The third kappa shape index (κ3) is 3.03. The van der Waals surface area contributed by atoms with Crippen molar-refractivity contribution in [2.24, 2.45) is 0 Å². The summed E-state index contributed by atoms with van der Waals surface area (Å²) in [6.45, 7) is 4.88. The Balaban J connectivity index is 1.91. The summed E-state index contributed by atoms with van der Waals surface area (Å²) in [6, 6.07) is 10.8. The van der Waals surface area contributed by atoms with Crippen LogP contribution in [0.2, 0.25) is 0 Å². The summed E-state index contributed by atoms with van der Waals surface area (Å²) in [7, 11) is 0. The number of likely N-dealkylation sites (tertiary alicyclic amines) is 1. The summed E-state index contributed by atoms with van der Waals surface area (Å²) in [5.41, 5.74) is 1.14. The number of piperidine rings is 1. The van der Waals surface area contributed by atoms with E-state index in [9.17, 15) is 4.79 Å². The van der Waals surface area contributed by atoms with Crippen LogP contribution >= 0.6 is 0 Å². The van der Waals surface area contributed by atoms with Crippen molar-refractivity contribution in [2.45, 2.75) is 51.7 Å². The summed E-state index contributed by atoms with van der Waals surface area (Å²) in [5.74, 6) is 0. The first kappa shape index (κ1) is 12.9. The zero-order valence-electron chi connectivity index (χ0n) is 11.2. The van der Waals surface area contributed by atoms with E-state index in [2.05, 4.69) is 19.2 Å². The molecule has 0 aromatic heterocycles. The van der Waals surface area contributed by atoms with E-state index in [0.717, 1.165) is 18.4 Å². The second-order valence-corrected chi connectivity index (χ2v) is 5.18. The lowest BCUT2D eigenvalue weighted by atomic mass is 9.98. The SMILES string of the molecule is CC1CCCC(C)N1C(=O)NCc1ccccc1. The molecule has 18 heavy (non-hydrogen) atoms. The van der Waals surface area contributed by atoms with Crippen molar-refractivity contribution in [2.75, 3.05) is 0 Å². The maximum absolute atomic E-state index is 12.2. The number of carbonyl (C=O) groups excluding carboxylic acids is 1. The van der Waals surface area contributed by atoms with E-state index in [4.69, 9.17) is 0 Å². The Bertz CT molecular complexity index is 381. The van der Waals surface area contributed by atoms with Crippen LogP contribution in [0.1, 0.15) is 38.7 Å². The highest BCUT2D eigenvalue weighted by Crippen LogP contribution is 2.22. The molecule has 2 amide bonds. The lowest BCUT2D eigenvalue weighted by molar-refractivity contribution is 0.123. The molecule has 98 valence electrons. The fourth-order valence-electron chi connectivity index (χ4n) is 2.69. The Morgan fingerprint density at radius 2 is 1.83 bits per heavy atom. The molecule has 1 aromatic rings. The van der Waals surface area contributed by atoms with Crippen molar-refractivity contribution in [3.05, 3.63) is 35.9 Å². The average Bonchev–Trinajstić information content (AvgIpc) is 2.37. The van der Waals surface area contributed by atoms with Gasteiger partial charge in [0.2, 0.25) is 0 Å². The fraction of sp³-hybridized carbons (Fsp3) is 0.533. The van der Waals surface area contributed by atoms with Crippen LogP contribution in [-0.2, 0) is 6.54 Å². The molecule has 1 aliphatic rings. The molecule has 2 unspecified atom stereocenters. The zero-order valence-corrected chi connectivity index (χ0v) is 11.2. The number of hydrogen-bond donors (Lipinski definition) is 1. The first-order valence-electron chi connectivity index (χ1n) is 6.78. The molecule has 0 aliphatic carbocycles. The van der Waals surface area contributed by atoms with E-state index >= 15 is 0 Å². The molecule has 3 heteroatoms. The van der Waals surface area contributed by atoms with E-state index in [1.165, 1.54) is 6.42 Å². The molecule has 1 N–H and O–H groups in total. The molecule has 2 rings (SSSR count). The Morgan fingerprint density at radius 3 is 2.44 bits per heavy atom. The highest BCUT2D eigenvalue weighted by atomic mass is 16.2. The van der Waals surface area contributed by atoms with Crippen molar-refractivity contribution in [3.8, 4) is 0 Å². The van der Waals surface area contributed by atoms with Crippen LogP contribution in [0.3, 0.4) is 0 Å². The van der Waals surface area contributed by atoms with Gasteiger partial charge in [0.15, 0.2) is 0 Å². The van der Waals surface area contributed by atoms with Gasteiger partial charge in [-0.3, -0.25) is 0 Å². The normalized spacial score (nSPS) is 23.8. The number of benzene rings is 1. The van der Waals surface area contributed by atoms with Crippen LogP contribution in [0.25, 0.3) is 0 Å². The van der Waals surface area contributed by atoms with Crippen LogP contribution in [0.15, 0.2) is 30.3 Å². The topological polar surface area (TPSA) is 32.3 Å². The third-order valence-electron chi connectivity index (χ3n) is 3.71. The van der Waals surface area contributed by atoms with Crippen LogP contribution in [0.5, 0.6) is 0 Å². The minimum Gasteiger partial charge on any atom is -0.334 e. The van der Waals surface area contributed by atoms with Crippen LogP contribution in [0.4, 0.5) is 4.79 Å². The smallest absolute Gasteiger partial charge is 0.318 e. The summed E-state index contributed by atoms with van der Waals surface area (Å²) in [5, 5.41) is 3.02. The van der Waals surface area contributed by atoms with E-state index in [0.29, 0.717) is 18.6 Å². The average molecular weight is 246 g/mol. The van der Waals surface area contributed by atoms with Gasteiger partial charge in [-0.1, -0.05) is 30.3 Å². The van der Waals surface area contributed by atoms with Crippen molar-refractivity contribution in [3.63, 3.8) is 0 Å². The largest absolute Gasteiger partial charge is 0.334 e. The number of hydrogen-bond acceptors (Lipinski definition) is 1. The summed E-state index contributed by atoms with van der Waals surface area (Å²) >= 11 is 0. The fourth-order valence-corrected chi connectivity index (χ4v) is 2.69. The Kier molecular flexibility index (Phi) is 4.24. The summed E-state index contributed by atoms with van der Waals surface area (Å²) in [6.07, 6.45) is 3.46. The van der Waals surface area contributed by atoms with Gasteiger partial charge in [0.1, 0.15) is 0 Å². The Labute approximate surface area is 109 Å². The number of amides is 2.